The van der Waals surface area contributed by atoms with Crippen LogP contribution in [-0.4, -0.2) is 31.3 Å². The van der Waals surface area contributed by atoms with Gasteiger partial charge in [-0.25, -0.2) is 4.68 Å². The molecule has 0 saturated carbocycles. The van der Waals surface area contributed by atoms with Crippen LogP contribution in [0, 0.1) is 11.8 Å². The van der Waals surface area contributed by atoms with Crippen molar-refractivity contribution in [3.05, 3.63) is 17.9 Å². The Morgan fingerprint density at radius 3 is 2.76 bits per heavy atom. The Bertz CT molecular complexity index is 603. The number of hydrogen-bond donors (Lipinski definition) is 1. The third-order valence-corrected chi connectivity index (χ3v) is 3.26. The second kappa shape index (κ2) is 6.51. The number of aliphatic carboxylic acids is 1. The molecule has 0 fully saturated rings. The molecule has 21 heavy (non-hydrogen) atoms. The number of rotatable bonds is 7. The molecule has 0 aliphatic heterocycles. The highest BCUT2D eigenvalue weighted by Crippen LogP contribution is 2.22. The Balaban J connectivity index is 2.21. The fourth-order valence-electron chi connectivity index (χ4n) is 2.22. The predicted octanol–water partition coefficient (Wildman–Crippen LogP) is 2.24. The number of carbonyl (C=O) groups is 1. The van der Waals surface area contributed by atoms with Crippen molar-refractivity contribution in [3.8, 4) is 11.6 Å². The van der Waals surface area contributed by atoms with Crippen LogP contribution in [0.1, 0.15) is 33.0 Å². The topological polar surface area (TPSA) is 94.0 Å². The average Bonchev–Trinajstić information content (AvgIpc) is 3.04. The number of carboxylic acid groups (broad SMARTS) is 1. The summed E-state index contributed by atoms with van der Waals surface area (Å²) < 4.78 is 7.13. The molecule has 2 aromatic rings. The molecule has 0 radical (unpaired) electrons. The second-order valence-corrected chi connectivity index (χ2v) is 5.47. The van der Waals surface area contributed by atoms with E-state index in [0.717, 1.165) is 12.2 Å². The van der Waals surface area contributed by atoms with Crippen LogP contribution >= 0.6 is 0 Å². The van der Waals surface area contributed by atoms with Crippen molar-refractivity contribution >= 4 is 5.97 Å². The molecule has 0 aliphatic carbocycles. The Hall–Kier alpha value is -2.18. The summed E-state index contributed by atoms with van der Waals surface area (Å²) in [6.45, 7) is 6.22. The molecular weight excluding hydrogens is 272 g/mol. The highest BCUT2D eigenvalue weighted by Gasteiger charge is 2.23. The maximum atomic E-state index is 11.4. The number of hydrogen-bond acceptors (Lipinski definition) is 5. The van der Waals surface area contributed by atoms with E-state index in [1.165, 1.54) is 4.68 Å². The molecule has 114 valence electrons. The van der Waals surface area contributed by atoms with Crippen LogP contribution in [0.5, 0.6) is 0 Å². The average molecular weight is 292 g/mol. The van der Waals surface area contributed by atoms with Gasteiger partial charge in [0.15, 0.2) is 5.76 Å². The van der Waals surface area contributed by atoms with Crippen molar-refractivity contribution in [1.82, 2.24) is 20.2 Å². The number of tetrazole rings is 1. The van der Waals surface area contributed by atoms with E-state index in [1.807, 2.05) is 26.8 Å². The quantitative estimate of drug-likeness (QED) is 0.841. The molecule has 1 unspecified atom stereocenters. The minimum Gasteiger partial charge on any atom is -0.481 e. The van der Waals surface area contributed by atoms with E-state index in [2.05, 4.69) is 15.5 Å². The summed E-state index contributed by atoms with van der Waals surface area (Å²) in [7, 11) is 0. The summed E-state index contributed by atoms with van der Waals surface area (Å²) in [6.07, 6.45) is 1.36. The molecule has 0 bridgehead atoms. The van der Waals surface area contributed by atoms with Crippen molar-refractivity contribution in [3.63, 3.8) is 0 Å². The van der Waals surface area contributed by atoms with Gasteiger partial charge in [-0.3, -0.25) is 4.79 Å². The molecule has 0 aromatic carbocycles. The van der Waals surface area contributed by atoms with Crippen LogP contribution in [0.15, 0.2) is 16.5 Å². The molecule has 2 rings (SSSR count). The summed E-state index contributed by atoms with van der Waals surface area (Å²) >= 11 is 0. The lowest BCUT2D eigenvalue weighted by Gasteiger charge is -2.14. The lowest BCUT2D eigenvalue weighted by molar-refractivity contribution is -0.142. The van der Waals surface area contributed by atoms with E-state index in [9.17, 15) is 9.90 Å². The smallest absolute Gasteiger partial charge is 0.308 e. The van der Waals surface area contributed by atoms with Gasteiger partial charge in [0.1, 0.15) is 5.76 Å². The fourth-order valence-corrected chi connectivity index (χ4v) is 2.22. The highest BCUT2D eigenvalue weighted by atomic mass is 16.4. The van der Waals surface area contributed by atoms with Crippen LogP contribution in [-0.2, 0) is 17.8 Å². The summed E-state index contributed by atoms with van der Waals surface area (Å²) in [4.78, 5) is 11.4. The second-order valence-electron chi connectivity index (χ2n) is 5.47. The van der Waals surface area contributed by atoms with Gasteiger partial charge in [-0.2, -0.15) is 0 Å². The zero-order valence-electron chi connectivity index (χ0n) is 12.5. The molecule has 2 aromatic heterocycles. The minimum absolute atomic E-state index is 0.234. The van der Waals surface area contributed by atoms with Gasteiger partial charge in [-0.15, -0.1) is 5.10 Å². The Morgan fingerprint density at radius 1 is 1.43 bits per heavy atom. The Morgan fingerprint density at radius 2 is 2.19 bits per heavy atom. The van der Waals surface area contributed by atoms with E-state index < -0.39 is 11.9 Å². The molecule has 0 amide bonds. The standard InChI is InChI=1S/C14H20N4O3/c1-4-11-5-6-12(21-11)13-15-16-17-18(13)8-10(14(19)20)7-9(2)3/h5-6,9-10H,4,7-8H2,1-3H3,(H,19,20). The largest absolute Gasteiger partial charge is 0.481 e. The lowest BCUT2D eigenvalue weighted by Crippen LogP contribution is -2.23. The van der Waals surface area contributed by atoms with Crippen LogP contribution in [0.2, 0.25) is 0 Å². The van der Waals surface area contributed by atoms with Gasteiger partial charge in [0.2, 0.25) is 5.82 Å². The number of nitrogens with zero attached hydrogens (tertiary/aromatic N) is 4. The first-order valence-electron chi connectivity index (χ1n) is 7.09. The number of carboxylic acids is 1. The first kappa shape index (κ1) is 15.2. The molecule has 1 atom stereocenters. The highest BCUT2D eigenvalue weighted by molar-refractivity contribution is 5.70. The summed E-state index contributed by atoms with van der Waals surface area (Å²) in [5.74, 6) is 0.805. The zero-order valence-corrected chi connectivity index (χ0v) is 12.5. The third kappa shape index (κ3) is 3.68. The number of aryl methyl sites for hydroxylation is 1. The third-order valence-electron chi connectivity index (χ3n) is 3.26. The number of aromatic nitrogens is 4. The summed E-state index contributed by atoms with van der Waals surface area (Å²) in [6, 6.07) is 3.68. The summed E-state index contributed by atoms with van der Waals surface area (Å²) in [5, 5.41) is 20.8. The summed E-state index contributed by atoms with van der Waals surface area (Å²) in [5.41, 5.74) is 0. The van der Waals surface area contributed by atoms with Crippen molar-refractivity contribution < 1.29 is 14.3 Å². The minimum atomic E-state index is -0.834. The van der Waals surface area contributed by atoms with E-state index in [1.54, 1.807) is 6.07 Å². The van der Waals surface area contributed by atoms with Crippen molar-refractivity contribution in [2.45, 2.75) is 40.2 Å². The molecular formula is C14H20N4O3. The predicted molar refractivity (Wildman–Crippen MR) is 75.5 cm³/mol. The maximum absolute atomic E-state index is 11.4. The van der Waals surface area contributed by atoms with E-state index >= 15 is 0 Å². The van der Waals surface area contributed by atoms with E-state index in [0.29, 0.717) is 23.9 Å². The van der Waals surface area contributed by atoms with Gasteiger partial charge in [0.05, 0.1) is 12.5 Å². The fraction of sp³-hybridized carbons (Fsp3) is 0.571. The van der Waals surface area contributed by atoms with Gasteiger partial charge in [0.25, 0.3) is 0 Å². The first-order valence-corrected chi connectivity index (χ1v) is 7.09. The zero-order chi connectivity index (χ0) is 15.4. The van der Waals surface area contributed by atoms with Gasteiger partial charge in [-0.05, 0) is 34.9 Å². The monoisotopic (exact) mass is 292 g/mol. The van der Waals surface area contributed by atoms with Crippen molar-refractivity contribution in [1.29, 1.82) is 0 Å². The van der Waals surface area contributed by atoms with Gasteiger partial charge in [-0.1, -0.05) is 20.8 Å². The lowest BCUT2D eigenvalue weighted by atomic mass is 9.97. The Labute approximate surface area is 123 Å². The van der Waals surface area contributed by atoms with Crippen LogP contribution in [0.3, 0.4) is 0 Å². The molecule has 7 nitrogen and oxygen atoms in total. The molecule has 2 heterocycles. The van der Waals surface area contributed by atoms with Crippen LogP contribution in [0.4, 0.5) is 0 Å². The van der Waals surface area contributed by atoms with Gasteiger partial charge >= 0.3 is 5.97 Å². The Kier molecular flexibility index (Phi) is 4.72. The van der Waals surface area contributed by atoms with E-state index in [4.69, 9.17) is 4.42 Å². The van der Waals surface area contributed by atoms with Crippen molar-refractivity contribution in [2.24, 2.45) is 11.8 Å². The van der Waals surface area contributed by atoms with Crippen LogP contribution in [0.25, 0.3) is 11.6 Å². The molecule has 7 heteroatoms. The van der Waals surface area contributed by atoms with Crippen LogP contribution < -0.4 is 0 Å². The molecule has 0 saturated heterocycles. The molecule has 1 N–H and O–H groups in total. The molecule has 0 spiro atoms. The normalized spacial score (nSPS) is 12.8. The van der Waals surface area contributed by atoms with Crippen molar-refractivity contribution in [2.75, 3.05) is 0 Å². The SMILES string of the molecule is CCc1ccc(-c2nnnn2CC(CC(C)C)C(=O)O)o1. The van der Waals surface area contributed by atoms with Gasteiger partial charge in [0, 0.05) is 6.42 Å². The molecule has 0 aliphatic rings. The van der Waals surface area contributed by atoms with E-state index in [-0.39, 0.29) is 6.54 Å². The first-order chi connectivity index (χ1) is 10.0. The maximum Gasteiger partial charge on any atom is 0.308 e. The van der Waals surface area contributed by atoms with Gasteiger partial charge < -0.3 is 9.52 Å². The number of furan rings is 1.